The maximum absolute atomic E-state index is 6.10. The third-order valence-corrected chi connectivity index (χ3v) is 6.25. The summed E-state index contributed by atoms with van der Waals surface area (Å²) >= 11 is 0. The van der Waals surface area contributed by atoms with Crippen LogP contribution in [0.15, 0.2) is 22.8 Å². The van der Waals surface area contributed by atoms with Crippen molar-refractivity contribution in [1.29, 1.82) is 0 Å². The Morgan fingerprint density at radius 2 is 1.79 bits per heavy atom. The van der Waals surface area contributed by atoms with E-state index in [-0.39, 0.29) is 11.0 Å². The number of fused-ring (bicyclic) bond motifs is 3. The van der Waals surface area contributed by atoms with E-state index < -0.39 is 0 Å². The van der Waals surface area contributed by atoms with E-state index in [0.29, 0.717) is 5.41 Å². The first-order chi connectivity index (χ1) is 11.1. The van der Waals surface area contributed by atoms with Crippen molar-refractivity contribution in [1.82, 2.24) is 4.90 Å². The zero-order valence-electron chi connectivity index (χ0n) is 16.1. The van der Waals surface area contributed by atoms with Crippen molar-refractivity contribution in [3.8, 4) is 0 Å². The first-order valence-corrected chi connectivity index (χ1v) is 9.37. The van der Waals surface area contributed by atoms with Gasteiger partial charge in [0, 0.05) is 23.0 Å². The van der Waals surface area contributed by atoms with Crippen molar-refractivity contribution in [2.24, 2.45) is 5.41 Å². The molecule has 2 aromatic rings. The molecule has 4 rings (SSSR count). The van der Waals surface area contributed by atoms with Crippen molar-refractivity contribution in [2.45, 2.75) is 71.8 Å². The highest BCUT2D eigenvalue weighted by Gasteiger charge is 2.46. The normalized spacial score (nSPS) is 25.1. The number of furan rings is 1. The summed E-state index contributed by atoms with van der Waals surface area (Å²) in [5.74, 6) is 0. The highest BCUT2D eigenvalue weighted by atomic mass is 16.3. The molecule has 2 nitrogen and oxygen atoms in total. The number of benzene rings is 1. The van der Waals surface area contributed by atoms with Crippen LogP contribution in [-0.2, 0) is 18.3 Å². The van der Waals surface area contributed by atoms with Crippen LogP contribution in [0.1, 0.15) is 64.7 Å². The van der Waals surface area contributed by atoms with Crippen LogP contribution in [0.25, 0.3) is 11.0 Å². The molecule has 1 aliphatic heterocycles. The monoisotopic (exact) mass is 325 g/mol. The Morgan fingerprint density at radius 1 is 1.04 bits per heavy atom. The van der Waals surface area contributed by atoms with Crippen molar-refractivity contribution < 1.29 is 4.42 Å². The molecule has 1 unspecified atom stereocenters. The number of nitrogens with zero attached hydrogens (tertiary/aromatic N) is 1. The molecule has 130 valence electrons. The van der Waals surface area contributed by atoms with Crippen LogP contribution in [-0.4, -0.2) is 23.5 Å². The Hall–Kier alpha value is -1.28. The topological polar surface area (TPSA) is 16.4 Å². The molecule has 1 aromatic carbocycles. The Labute approximate surface area is 146 Å². The van der Waals surface area contributed by atoms with E-state index in [9.17, 15) is 0 Å². The lowest BCUT2D eigenvalue weighted by molar-refractivity contribution is 0.150. The zero-order chi connectivity index (χ0) is 17.3. The van der Waals surface area contributed by atoms with Crippen molar-refractivity contribution in [2.75, 3.05) is 13.1 Å². The number of hydrogen-bond acceptors (Lipinski definition) is 2. The van der Waals surface area contributed by atoms with E-state index in [0.717, 1.165) is 5.58 Å². The average molecular weight is 325 g/mol. The summed E-state index contributed by atoms with van der Waals surface area (Å²) in [5, 5.41) is 1.32. The van der Waals surface area contributed by atoms with Crippen LogP contribution in [0, 0.1) is 5.41 Å². The fourth-order valence-electron chi connectivity index (χ4n) is 4.77. The average Bonchev–Trinajstić information content (AvgIpc) is 3.13. The Bertz CT molecular complexity index is 787. The third kappa shape index (κ3) is 2.42. The van der Waals surface area contributed by atoms with Crippen molar-refractivity contribution >= 4 is 11.0 Å². The fraction of sp³-hybridized carbons (Fsp3) is 0.636. The van der Waals surface area contributed by atoms with Gasteiger partial charge in [0.05, 0.1) is 6.26 Å². The van der Waals surface area contributed by atoms with Crippen LogP contribution in [0.5, 0.6) is 0 Å². The van der Waals surface area contributed by atoms with Gasteiger partial charge < -0.3 is 4.42 Å². The molecule has 1 fully saturated rings. The Morgan fingerprint density at radius 3 is 2.42 bits per heavy atom. The van der Waals surface area contributed by atoms with Gasteiger partial charge in [-0.2, -0.15) is 0 Å². The highest BCUT2D eigenvalue weighted by molar-refractivity contribution is 5.86. The maximum Gasteiger partial charge on any atom is 0.137 e. The van der Waals surface area contributed by atoms with Gasteiger partial charge in [-0.05, 0) is 68.5 Å². The lowest BCUT2D eigenvalue weighted by atomic mass is 9.84. The van der Waals surface area contributed by atoms with E-state index in [1.807, 2.05) is 6.26 Å². The first-order valence-electron chi connectivity index (χ1n) is 9.37. The molecule has 0 radical (unpaired) electrons. The summed E-state index contributed by atoms with van der Waals surface area (Å²) in [6, 6.07) is 4.67. The largest absolute Gasteiger partial charge is 0.464 e. The Kier molecular flexibility index (Phi) is 3.29. The number of hydrogen-bond donors (Lipinski definition) is 0. The van der Waals surface area contributed by atoms with Gasteiger partial charge in [-0.15, -0.1) is 0 Å². The third-order valence-electron chi connectivity index (χ3n) is 6.25. The number of rotatable bonds is 0. The smallest absolute Gasteiger partial charge is 0.137 e. The van der Waals surface area contributed by atoms with Crippen LogP contribution in [0.2, 0.25) is 0 Å². The molecule has 2 aliphatic rings. The lowest BCUT2D eigenvalue weighted by Gasteiger charge is -2.33. The second kappa shape index (κ2) is 4.88. The maximum atomic E-state index is 6.10. The summed E-state index contributed by atoms with van der Waals surface area (Å²) in [7, 11) is 0. The molecular weight excluding hydrogens is 294 g/mol. The summed E-state index contributed by atoms with van der Waals surface area (Å²) in [5.41, 5.74) is 6.34. The first kappa shape index (κ1) is 16.2. The molecule has 1 aromatic heterocycles. The minimum atomic E-state index is 0.131. The van der Waals surface area contributed by atoms with E-state index in [1.54, 1.807) is 0 Å². The molecule has 1 aliphatic carbocycles. The Balaban J connectivity index is 1.71. The lowest BCUT2D eigenvalue weighted by Crippen LogP contribution is -2.41. The summed E-state index contributed by atoms with van der Waals surface area (Å²) in [6.07, 6.45) is 5.71. The van der Waals surface area contributed by atoms with Gasteiger partial charge in [0.1, 0.15) is 5.58 Å². The van der Waals surface area contributed by atoms with Gasteiger partial charge in [-0.3, -0.25) is 4.90 Å². The minimum absolute atomic E-state index is 0.131. The van der Waals surface area contributed by atoms with Crippen LogP contribution in [0.4, 0.5) is 0 Å². The van der Waals surface area contributed by atoms with Crippen LogP contribution >= 0.6 is 0 Å². The van der Waals surface area contributed by atoms with Crippen LogP contribution in [0.3, 0.4) is 0 Å². The molecule has 1 spiro atoms. The van der Waals surface area contributed by atoms with E-state index in [1.165, 1.54) is 54.4 Å². The SMILES string of the molecule is CC(C)(C)c1coc2c3c(ccc12)CC1(CCN(C(C)(C)C)C1)C3. The predicted octanol–water partition coefficient (Wildman–Crippen LogP) is 5.32. The summed E-state index contributed by atoms with van der Waals surface area (Å²) in [4.78, 5) is 2.67. The molecule has 1 saturated heterocycles. The van der Waals surface area contributed by atoms with Gasteiger partial charge in [-0.1, -0.05) is 32.9 Å². The van der Waals surface area contributed by atoms with Gasteiger partial charge in [0.2, 0.25) is 0 Å². The summed E-state index contributed by atoms with van der Waals surface area (Å²) < 4.78 is 6.10. The van der Waals surface area contributed by atoms with E-state index in [4.69, 9.17) is 4.42 Å². The minimum Gasteiger partial charge on any atom is -0.464 e. The molecule has 2 heterocycles. The number of likely N-dealkylation sites (tertiary alicyclic amines) is 1. The second-order valence-corrected chi connectivity index (χ2v) is 10.2. The fourth-order valence-corrected chi connectivity index (χ4v) is 4.77. The second-order valence-electron chi connectivity index (χ2n) is 10.2. The molecule has 0 N–H and O–H groups in total. The summed E-state index contributed by atoms with van der Waals surface area (Å²) in [6.45, 7) is 16.3. The molecule has 0 amide bonds. The molecule has 1 atom stereocenters. The molecular formula is C22H31NO. The quantitative estimate of drug-likeness (QED) is 0.652. The van der Waals surface area contributed by atoms with E-state index in [2.05, 4.69) is 58.6 Å². The zero-order valence-corrected chi connectivity index (χ0v) is 16.1. The van der Waals surface area contributed by atoms with E-state index >= 15 is 0 Å². The van der Waals surface area contributed by atoms with Gasteiger partial charge in [-0.25, -0.2) is 0 Å². The molecule has 2 heteroatoms. The van der Waals surface area contributed by atoms with Gasteiger partial charge >= 0.3 is 0 Å². The highest BCUT2D eigenvalue weighted by Crippen LogP contribution is 2.48. The predicted molar refractivity (Wildman–Crippen MR) is 101 cm³/mol. The van der Waals surface area contributed by atoms with Crippen LogP contribution < -0.4 is 0 Å². The molecule has 0 bridgehead atoms. The van der Waals surface area contributed by atoms with Crippen molar-refractivity contribution in [3.63, 3.8) is 0 Å². The van der Waals surface area contributed by atoms with Gasteiger partial charge in [0.25, 0.3) is 0 Å². The molecule has 24 heavy (non-hydrogen) atoms. The van der Waals surface area contributed by atoms with Gasteiger partial charge in [0.15, 0.2) is 0 Å². The molecule has 0 saturated carbocycles. The standard InChI is InChI=1S/C22H31NO/c1-20(2,3)18-13-24-19-16(18)8-7-15-11-22(12-17(15)19)9-10-23(14-22)21(4,5)6/h7-8,13H,9-12,14H2,1-6H3. The van der Waals surface area contributed by atoms with Crippen molar-refractivity contribution in [3.05, 3.63) is 35.1 Å².